The molecule has 0 aromatic carbocycles. The zero-order chi connectivity index (χ0) is 8.69. The molecule has 4 heteroatoms. The van der Waals surface area contributed by atoms with Gasteiger partial charge in [0.05, 0.1) is 0 Å². The molecule has 0 fully saturated rings. The van der Waals surface area contributed by atoms with Gasteiger partial charge in [0.15, 0.2) is 0 Å². The molecule has 2 nitrogen and oxygen atoms in total. The minimum absolute atomic E-state index is 0. The predicted molar refractivity (Wildman–Crippen MR) is 50.9 cm³/mol. The maximum absolute atomic E-state index is 5.63. The van der Waals surface area contributed by atoms with Gasteiger partial charge in [0, 0.05) is 0 Å². The topological polar surface area (TPSA) is 35.2 Å². The molecule has 1 atom stereocenters. The second-order valence-corrected chi connectivity index (χ2v) is 9.26. The summed E-state index contributed by atoms with van der Waals surface area (Å²) < 4.78 is 6.91. The van der Waals surface area contributed by atoms with Gasteiger partial charge >= 0.3 is 77.7 Å². The zero-order valence-corrected chi connectivity index (χ0v) is 12.7. The smallest absolute Gasteiger partial charge is 1.00 e. The Hall–Kier alpha value is 1.20. The van der Waals surface area contributed by atoms with Crippen molar-refractivity contribution in [3.05, 3.63) is 0 Å². The van der Waals surface area contributed by atoms with E-state index in [1.807, 2.05) is 0 Å². The summed E-state index contributed by atoms with van der Waals surface area (Å²) in [6, 6.07) is 0.368. The maximum Gasteiger partial charge on any atom is -1.00 e. The molecule has 0 saturated heterocycles. The van der Waals surface area contributed by atoms with Crippen molar-refractivity contribution >= 4 is 20.2 Å². The fourth-order valence-electron chi connectivity index (χ4n) is 0.992. The third kappa shape index (κ3) is 11.2. The number of halogens is 1. The van der Waals surface area contributed by atoms with Gasteiger partial charge in [0.25, 0.3) is 0 Å². The first kappa shape index (κ1) is 15.7. The largest absolute Gasteiger partial charge is 1.00 e. The summed E-state index contributed by atoms with van der Waals surface area (Å²) in [6.07, 6.45) is 2.42. The van der Waals surface area contributed by atoms with Crippen molar-refractivity contribution in [1.82, 2.24) is 0 Å². The summed E-state index contributed by atoms with van der Waals surface area (Å²) in [4.78, 5) is 2.31. The van der Waals surface area contributed by atoms with Crippen LogP contribution in [0.1, 0.15) is 26.7 Å². The van der Waals surface area contributed by atoms with Crippen molar-refractivity contribution in [1.29, 1.82) is 0 Å². The van der Waals surface area contributed by atoms with E-state index >= 15 is 0 Å². The molecule has 74 valence electrons. The molecule has 0 spiro atoms. The first-order valence-electron chi connectivity index (χ1n) is 4.37. The van der Waals surface area contributed by atoms with Crippen LogP contribution in [0.2, 0.25) is 9.38 Å². The van der Waals surface area contributed by atoms with Crippen molar-refractivity contribution < 1.29 is 20.1 Å². The Morgan fingerprint density at radius 1 is 1.50 bits per heavy atom. The van der Waals surface area contributed by atoms with Crippen molar-refractivity contribution in [3.63, 3.8) is 0 Å². The molecular formula is C8H20BrNOSn. The van der Waals surface area contributed by atoms with E-state index in [1.165, 1.54) is 10.9 Å². The Kier molecular flexibility index (Phi) is 13.4. The van der Waals surface area contributed by atoms with Gasteiger partial charge < -0.3 is 17.0 Å². The summed E-state index contributed by atoms with van der Waals surface area (Å²) in [5, 5.41) is 0. The first-order chi connectivity index (χ1) is 5.16. The average molecular weight is 345 g/mol. The van der Waals surface area contributed by atoms with Crippen molar-refractivity contribution in [2.24, 2.45) is 5.73 Å². The van der Waals surface area contributed by atoms with Crippen LogP contribution < -0.4 is 22.7 Å². The van der Waals surface area contributed by atoms with Crippen LogP contribution in [0, 0.1) is 0 Å². The van der Waals surface area contributed by atoms with Crippen LogP contribution in [0.3, 0.4) is 0 Å². The first-order valence-corrected chi connectivity index (χ1v) is 10.4. The SMILES string of the molecule is CC[O][Sn+]([CH3])[CH2]CCC(C)N.[Br-]. The van der Waals surface area contributed by atoms with E-state index in [4.69, 9.17) is 8.81 Å². The van der Waals surface area contributed by atoms with E-state index in [1.54, 1.807) is 0 Å². The van der Waals surface area contributed by atoms with Crippen molar-refractivity contribution in [2.75, 3.05) is 6.61 Å². The standard InChI is InChI=1S/C5H12N.C2H5O.CH3.BrH.Sn/c1-3-4-5(2)6;1-2-3;;;/h5H,1,3-4,6H2,2H3;2H2,1H3;1H3;1H;/q;-1;;;+2/p-1. The Bertz CT molecular complexity index is 93.1. The van der Waals surface area contributed by atoms with Crippen LogP contribution >= 0.6 is 0 Å². The zero-order valence-electron chi connectivity index (χ0n) is 8.27. The van der Waals surface area contributed by atoms with Gasteiger partial charge in [-0.15, -0.1) is 0 Å². The van der Waals surface area contributed by atoms with Gasteiger partial charge in [-0.2, -0.15) is 0 Å². The van der Waals surface area contributed by atoms with Gasteiger partial charge in [-0.3, -0.25) is 0 Å². The normalized spacial score (nSPS) is 12.0. The number of rotatable bonds is 6. The van der Waals surface area contributed by atoms with Gasteiger partial charge in [0.1, 0.15) is 0 Å². The molecule has 0 aliphatic carbocycles. The molecular weight excluding hydrogens is 325 g/mol. The van der Waals surface area contributed by atoms with Gasteiger partial charge in [-0.1, -0.05) is 0 Å². The van der Waals surface area contributed by atoms with Gasteiger partial charge in [0.2, 0.25) is 0 Å². The van der Waals surface area contributed by atoms with Crippen molar-refractivity contribution in [2.45, 2.75) is 42.1 Å². The Balaban J connectivity index is 0. The third-order valence-corrected chi connectivity index (χ3v) is 6.83. The number of nitrogens with two attached hydrogens (primary N) is 1. The molecule has 0 heterocycles. The van der Waals surface area contributed by atoms with Crippen LogP contribution in [-0.4, -0.2) is 32.8 Å². The minimum Gasteiger partial charge on any atom is -1.00 e. The Labute approximate surface area is 94.3 Å². The average Bonchev–Trinajstić information content (AvgIpc) is 1.87. The third-order valence-electron chi connectivity index (χ3n) is 1.58. The van der Waals surface area contributed by atoms with E-state index in [2.05, 4.69) is 18.8 Å². The summed E-state index contributed by atoms with van der Waals surface area (Å²) in [5.74, 6) is 0. The molecule has 12 heavy (non-hydrogen) atoms. The van der Waals surface area contributed by atoms with E-state index in [0.29, 0.717) is 6.04 Å². The van der Waals surface area contributed by atoms with Crippen LogP contribution in [0.5, 0.6) is 0 Å². The van der Waals surface area contributed by atoms with Gasteiger partial charge in [-0.25, -0.2) is 0 Å². The molecule has 0 aromatic heterocycles. The second kappa shape index (κ2) is 10.3. The van der Waals surface area contributed by atoms with Crippen LogP contribution in [0.25, 0.3) is 0 Å². The predicted octanol–water partition coefficient (Wildman–Crippen LogP) is -1.22. The summed E-state index contributed by atoms with van der Waals surface area (Å²) in [5.41, 5.74) is 5.63. The fourth-order valence-corrected chi connectivity index (χ4v) is 4.81. The Morgan fingerprint density at radius 3 is 2.50 bits per heavy atom. The number of hydrogen-bond acceptors (Lipinski definition) is 2. The molecule has 0 aliphatic rings. The van der Waals surface area contributed by atoms with Crippen molar-refractivity contribution in [3.8, 4) is 0 Å². The van der Waals surface area contributed by atoms with Crippen LogP contribution in [0.15, 0.2) is 0 Å². The molecule has 0 amide bonds. The monoisotopic (exact) mass is 345 g/mol. The molecule has 0 aliphatic heterocycles. The summed E-state index contributed by atoms with van der Waals surface area (Å²) >= 11 is -1.32. The molecule has 1 unspecified atom stereocenters. The molecule has 2 N–H and O–H groups in total. The quantitative estimate of drug-likeness (QED) is 0.613. The summed E-state index contributed by atoms with van der Waals surface area (Å²) in [7, 11) is 0. The fraction of sp³-hybridized carbons (Fsp3) is 1.00. The van der Waals surface area contributed by atoms with Gasteiger partial charge in [-0.05, 0) is 0 Å². The number of hydrogen-bond donors (Lipinski definition) is 1. The molecule has 0 bridgehead atoms. The molecule has 0 radical (unpaired) electrons. The Morgan fingerprint density at radius 2 is 2.08 bits per heavy atom. The minimum atomic E-state index is -1.32. The van der Waals surface area contributed by atoms with Crippen LogP contribution in [0.4, 0.5) is 0 Å². The molecule has 0 rings (SSSR count). The van der Waals surface area contributed by atoms with E-state index < -0.39 is 20.2 Å². The van der Waals surface area contributed by atoms with Crippen LogP contribution in [-0.2, 0) is 3.07 Å². The van der Waals surface area contributed by atoms with E-state index in [0.717, 1.165) is 13.0 Å². The second-order valence-electron chi connectivity index (χ2n) is 3.00. The maximum atomic E-state index is 5.63. The summed E-state index contributed by atoms with van der Waals surface area (Å²) in [6.45, 7) is 5.05. The van der Waals surface area contributed by atoms with E-state index in [-0.39, 0.29) is 17.0 Å². The molecule has 0 aromatic rings. The van der Waals surface area contributed by atoms with E-state index in [9.17, 15) is 0 Å². The molecule has 0 saturated carbocycles.